The normalized spacial score (nSPS) is 16.9. The number of aromatic nitrogens is 2. The van der Waals surface area contributed by atoms with Crippen molar-refractivity contribution in [1.82, 2.24) is 25.3 Å². The summed E-state index contributed by atoms with van der Waals surface area (Å²) in [6.45, 7) is 4.06. The maximum Gasteiger partial charge on any atom is 0.241 e. The lowest BCUT2D eigenvalue weighted by Crippen LogP contribution is -2.48. The van der Waals surface area contributed by atoms with Crippen molar-refractivity contribution in [2.75, 3.05) is 39.8 Å². The summed E-state index contributed by atoms with van der Waals surface area (Å²) in [6, 6.07) is 7.52. The van der Waals surface area contributed by atoms with Crippen LogP contribution in [0.25, 0.3) is 11.4 Å². The number of carbonyl (C=O) groups excluding carboxylic acids is 2. The first-order valence-electron chi connectivity index (χ1n) is 10.9. The van der Waals surface area contributed by atoms with E-state index in [0.717, 1.165) is 37.2 Å². The average Bonchev–Trinajstić information content (AvgIpc) is 3.56. The van der Waals surface area contributed by atoms with Gasteiger partial charge in [0, 0.05) is 50.6 Å². The van der Waals surface area contributed by atoms with Crippen LogP contribution in [-0.2, 0) is 16.1 Å². The molecular weight excluding hydrogens is 398 g/mol. The molecule has 1 saturated heterocycles. The molecule has 2 fully saturated rings. The largest absolute Gasteiger partial charge is 0.497 e. The number of carbonyl (C=O) groups is 2. The van der Waals surface area contributed by atoms with Gasteiger partial charge in [-0.3, -0.25) is 14.5 Å². The smallest absolute Gasteiger partial charge is 0.241 e. The quantitative estimate of drug-likeness (QED) is 0.608. The summed E-state index contributed by atoms with van der Waals surface area (Å²) in [5.41, 5.74) is 0.875. The summed E-state index contributed by atoms with van der Waals surface area (Å²) >= 11 is 0. The molecule has 2 amide bonds. The third-order valence-electron chi connectivity index (χ3n) is 5.71. The molecule has 1 aromatic heterocycles. The fourth-order valence-corrected chi connectivity index (χ4v) is 3.62. The van der Waals surface area contributed by atoms with Crippen LogP contribution in [0, 0.1) is 5.92 Å². The summed E-state index contributed by atoms with van der Waals surface area (Å²) < 4.78 is 10.6. The first kappa shape index (κ1) is 21.3. The van der Waals surface area contributed by atoms with Crippen LogP contribution < -0.4 is 10.1 Å². The molecule has 31 heavy (non-hydrogen) atoms. The monoisotopic (exact) mass is 427 g/mol. The second-order valence-corrected chi connectivity index (χ2v) is 8.07. The zero-order chi connectivity index (χ0) is 21.6. The number of hydrogen-bond donors (Lipinski definition) is 1. The van der Waals surface area contributed by atoms with Crippen molar-refractivity contribution in [3.8, 4) is 17.1 Å². The molecule has 1 saturated carbocycles. The molecule has 2 aromatic rings. The number of amides is 2. The van der Waals surface area contributed by atoms with Gasteiger partial charge in [-0.1, -0.05) is 5.16 Å². The van der Waals surface area contributed by atoms with Gasteiger partial charge >= 0.3 is 0 Å². The Balaban J connectivity index is 1.17. The Morgan fingerprint density at radius 1 is 1.16 bits per heavy atom. The Morgan fingerprint density at radius 2 is 1.90 bits per heavy atom. The first-order chi connectivity index (χ1) is 15.1. The zero-order valence-corrected chi connectivity index (χ0v) is 17.9. The third kappa shape index (κ3) is 5.81. The van der Waals surface area contributed by atoms with Gasteiger partial charge in [0.1, 0.15) is 5.75 Å². The number of rotatable bonds is 9. The minimum atomic E-state index is 0.136. The SMILES string of the molecule is COc1ccc(-c2noc(CN3CCN(C(=O)CCCNC(=O)C4CC4)CC3)n2)cc1. The highest BCUT2D eigenvalue weighted by Crippen LogP contribution is 2.28. The summed E-state index contributed by atoms with van der Waals surface area (Å²) in [6.07, 6.45) is 3.16. The van der Waals surface area contributed by atoms with Gasteiger partial charge in [0.15, 0.2) is 0 Å². The molecule has 0 atom stereocenters. The maximum atomic E-state index is 12.4. The van der Waals surface area contributed by atoms with E-state index in [9.17, 15) is 9.59 Å². The molecule has 1 N–H and O–H groups in total. The van der Waals surface area contributed by atoms with E-state index < -0.39 is 0 Å². The highest BCUT2D eigenvalue weighted by atomic mass is 16.5. The van der Waals surface area contributed by atoms with Crippen molar-refractivity contribution < 1.29 is 18.8 Å². The topological polar surface area (TPSA) is 101 Å². The van der Waals surface area contributed by atoms with Gasteiger partial charge in [0.05, 0.1) is 13.7 Å². The van der Waals surface area contributed by atoms with Gasteiger partial charge in [-0.15, -0.1) is 0 Å². The molecule has 9 nitrogen and oxygen atoms in total. The lowest BCUT2D eigenvalue weighted by molar-refractivity contribution is -0.133. The lowest BCUT2D eigenvalue weighted by atomic mass is 10.2. The number of benzene rings is 1. The molecule has 166 valence electrons. The van der Waals surface area contributed by atoms with E-state index in [1.807, 2.05) is 29.2 Å². The molecule has 2 aliphatic rings. The van der Waals surface area contributed by atoms with Crippen LogP contribution in [0.15, 0.2) is 28.8 Å². The second kappa shape index (κ2) is 9.91. The highest BCUT2D eigenvalue weighted by molar-refractivity contribution is 5.81. The third-order valence-corrected chi connectivity index (χ3v) is 5.71. The Hall–Kier alpha value is -2.94. The molecule has 0 unspecified atom stereocenters. The van der Waals surface area contributed by atoms with Gasteiger partial charge in [-0.05, 0) is 43.5 Å². The van der Waals surface area contributed by atoms with E-state index in [-0.39, 0.29) is 17.7 Å². The first-order valence-corrected chi connectivity index (χ1v) is 10.9. The van der Waals surface area contributed by atoms with Crippen LogP contribution in [0.4, 0.5) is 0 Å². The van der Waals surface area contributed by atoms with Gasteiger partial charge in [-0.25, -0.2) is 0 Å². The van der Waals surface area contributed by atoms with Gasteiger partial charge in [0.2, 0.25) is 23.5 Å². The zero-order valence-electron chi connectivity index (χ0n) is 17.9. The van der Waals surface area contributed by atoms with Crippen LogP contribution in [0.2, 0.25) is 0 Å². The predicted octanol–water partition coefficient (Wildman–Crippen LogP) is 1.70. The van der Waals surface area contributed by atoms with Crippen LogP contribution in [-0.4, -0.2) is 71.6 Å². The minimum absolute atomic E-state index is 0.136. The standard InChI is InChI=1S/C22H29N5O4/c1-30-18-8-6-16(7-9-18)21-24-19(31-25-21)15-26-11-13-27(14-12-26)20(28)3-2-10-23-22(29)17-4-5-17/h6-9,17H,2-5,10-15H2,1H3,(H,23,29). The van der Waals surface area contributed by atoms with Gasteiger partial charge in [-0.2, -0.15) is 4.98 Å². The number of nitrogens with zero attached hydrogens (tertiary/aromatic N) is 4. The van der Waals surface area contributed by atoms with E-state index in [1.165, 1.54) is 0 Å². The molecule has 1 aliphatic heterocycles. The van der Waals surface area contributed by atoms with Crippen LogP contribution >= 0.6 is 0 Å². The molecule has 1 aromatic carbocycles. The number of nitrogens with one attached hydrogen (secondary N) is 1. The Labute approximate surface area is 181 Å². The summed E-state index contributed by atoms with van der Waals surface area (Å²) in [5.74, 6) is 2.41. The molecule has 2 heterocycles. The van der Waals surface area contributed by atoms with Crippen molar-refractivity contribution in [2.45, 2.75) is 32.2 Å². The molecule has 4 rings (SSSR count). The van der Waals surface area contributed by atoms with Crippen molar-refractivity contribution >= 4 is 11.8 Å². The van der Waals surface area contributed by atoms with Gasteiger partial charge in [0.25, 0.3) is 0 Å². The predicted molar refractivity (Wildman–Crippen MR) is 113 cm³/mol. The molecular formula is C22H29N5O4. The Morgan fingerprint density at radius 3 is 2.58 bits per heavy atom. The average molecular weight is 428 g/mol. The van der Waals surface area contributed by atoms with E-state index in [0.29, 0.717) is 50.7 Å². The van der Waals surface area contributed by atoms with Crippen molar-refractivity contribution in [3.63, 3.8) is 0 Å². The van der Waals surface area contributed by atoms with Gasteiger partial charge < -0.3 is 19.5 Å². The van der Waals surface area contributed by atoms with Crippen molar-refractivity contribution in [3.05, 3.63) is 30.2 Å². The van der Waals surface area contributed by atoms with Crippen molar-refractivity contribution in [2.24, 2.45) is 5.92 Å². The summed E-state index contributed by atoms with van der Waals surface area (Å²) in [4.78, 5) is 32.6. The van der Waals surface area contributed by atoms with Crippen LogP contribution in [0.1, 0.15) is 31.6 Å². The molecule has 0 spiro atoms. The Bertz CT molecular complexity index is 886. The van der Waals surface area contributed by atoms with Crippen molar-refractivity contribution in [1.29, 1.82) is 0 Å². The highest BCUT2D eigenvalue weighted by Gasteiger charge is 2.29. The number of hydrogen-bond acceptors (Lipinski definition) is 7. The Kier molecular flexibility index (Phi) is 6.81. The fraction of sp³-hybridized carbons (Fsp3) is 0.545. The lowest BCUT2D eigenvalue weighted by Gasteiger charge is -2.34. The second-order valence-electron chi connectivity index (χ2n) is 8.07. The van der Waals surface area contributed by atoms with Crippen LogP contribution in [0.3, 0.4) is 0 Å². The van der Waals surface area contributed by atoms with Crippen LogP contribution in [0.5, 0.6) is 5.75 Å². The molecule has 1 aliphatic carbocycles. The number of piperazine rings is 1. The molecule has 0 bridgehead atoms. The maximum absolute atomic E-state index is 12.4. The minimum Gasteiger partial charge on any atom is -0.497 e. The summed E-state index contributed by atoms with van der Waals surface area (Å²) in [5, 5.41) is 6.98. The molecule has 0 radical (unpaired) electrons. The molecule has 9 heteroatoms. The van der Waals surface area contributed by atoms with E-state index in [4.69, 9.17) is 9.26 Å². The summed E-state index contributed by atoms with van der Waals surface area (Å²) in [7, 11) is 1.63. The van der Waals surface area contributed by atoms with E-state index >= 15 is 0 Å². The van der Waals surface area contributed by atoms with E-state index in [2.05, 4.69) is 20.4 Å². The van der Waals surface area contributed by atoms with E-state index in [1.54, 1.807) is 7.11 Å². The number of methoxy groups -OCH3 is 1. The number of ether oxygens (including phenoxy) is 1. The fourth-order valence-electron chi connectivity index (χ4n) is 3.62.